The lowest BCUT2D eigenvalue weighted by atomic mass is 9.71. The molecular formula is C38H39N7O2S. The number of hydrogen-bond donors (Lipinski definition) is 1. The van der Waals surface area contributed by atoms with E-state index in [9.17, 15) is 9.59 Å². The number of imidazole rings is 1. The van der Waals surface area contributed by atoms with Gasteiger partial charge in [0, 0.05) is 50.2 Å². The molecule has 6 aromatic rings. The van der Waals surface area contributed by atoms with E-state index in [0.29, 0.717) is 27.6 Å². The van der Waals surface area contributed by atoms with Gasteiger partial charge in [0.1, 0.15) is 17.0 Å². The van der Waals surface area contributed by atoms with Gasteiger partial charge in [0.05, 0.1) is 16.2 Å². The largest absolute Gasteiger partial charge is 0.383 e. The molecule has 0 radical (unpaired) electrons. The zero-order chi connectivity index (χ0) is 33.4. The average molecular weight is 658 g/mol. The number of likely N-dealkylation sites (tertiary alicyclic amines) is 1. The number of nitrogens with two attached hydrogens (primary N) is 1. The van der Waals surface area contributed by atoms with E-state index in [1.165, 1.54) is 17.3 Å². The van der Waals surface area contributed by atoms with Gasteiger partial charge in [-0.05, 0) is 66.5 Å². The van der Waals surface area contributed by atoms with Crippen molar-refractivity contribution in [3.63, 3.8) is 0 Å². The normalized spacial score (nSPS) is 15.8. The minimum absolute atomic E-state index is 0.295. The first-order valence-electron chi connectivity index (χ1n) is 16.5. The first-order chi connectivity index (χ1) is 23.4. The molecule has 10 heteroatoms. The van der Waals surface area contributed by atoms with Crippen molar-refractivity contribution >= 4 is 34.4 Å². The first-order valence-corrected chi connectivity index (χ1v) is 17.8. The molecule has 0 aliphatic carbocycles. The summed E-state index contributed by atoms with van der Waals surface area (Å²) in [6, 6.07) is 26.6. The third kappa shape index (κ3) is 5.58. The van der Waals surface area contributed by atoms with Crippen LogP contribution in [0.25, 0.3) is 39.5 Å². The molecular weight excluding hydrogens is 619 g/mol. The zero-order valence-electron chi connectivity index (χ0n) is 27.5. The number of benzene rings is 2. The van der Waals surface area contributed by atoms with Crippen LogP contribution < -0.4 is 21.5 Å². The topological polar surface area (TPSA) is 110 Å². The third-order valence-electron chi connectivity index (χ3n) is 9.56. The van der Waals surface area contributed by atoms with E-state index in [1.54, 1.807) is 6.20 Å². The fraction of sp³-hybridized carbons (Fsp3) is 0.289. The van der Waals surface area contributed by atoms with Crippen molar-refractivity contribution < 1.29 is 0 Å². The van der Waals surface area contributed by atoms with Crippen LogP contribution in [0.2, 0.25) is 0 Å². The van der Waals surface area contributed by atoms with Crippen molar-refractivity contribution in [1.82, 2.24) is 24.4 Å². The second-order valence-corrected chi connectivity index (χ2v) is 13.3. The Morgan fingerprint density at radius 1 is 0.854 bits per heavy atom. The molecule has 5 heterocycles. The lowest BCUT2D eigenvalue weighted by Gasteiger charge is -2.54. The van der Waals surface area contributed by atoms with Gasteiger partial charge in [-0.15, -0.1) is 11.8 Å². The standard InChI is InChI=1S/C36H33N7O2S.C2H6/c1-46-32-29(30(44)31(32)45)42-18-15-36(16-19-42)21-41(22-36)20-23-9-11-25(12-10-23)43-34(26-8-5-17-38-33(26)37)40-28-14-13-27(39-35(28)43)24-6-3-2-4-7-24;1-2/h2-14,17H,15-16,18-22H2,1H3,(H2,37,38);1-2H3. The summed E-state index contributed by atoms with van der Waals surface area (Å²) in [6.45, 7) is 8.65. The zero-order valence-corrected chi connectivity index (χ0v) is 28.3. The smallest absolute Gasteiger partial charge is 0.251 e. The molecule has 2 N–H and O–H groups in total. The molecule has 2 aliphatic rings. The fourth-order valence-corrected chi connectivity index (χ4v) is 7.83. The van der Waals surface area contributed by atoms with E-state index in [1.807, 2.05) is 62.6 Å². The van der Waals surface area contributed by atoms with Crippen LogP contribution in [-0.2, 0) is 6.54 Å². The van der Waals surface area contributed by atoms with Gasteiger partial charge in [0.25, 0.3) is 5.43 Å². The second-order valence-electron chi connectivity index (χ2n) is 12.5. The van der Waals surface area contributed by atoms with Crippen LogP contribution in [0.1, 0.15) is 32.3 Å². The Morgan fingerprint density at radius 2 is 1.58 bits per heavy atom. The maximum atomic E-state index is 12.2. The summed E-state index contributed by atoms with van der Waals surface area (Å²) in [5, 5.41) is 0. The molecule has 0 amide bonds. The highest BCUT2D eigenvalue weighted by Crippen LogP contribution is 2.42. The van der Waals surface area contributed by atoms with Crippen molar-refractivity contribution in [3.05, 3.63) is 111 Å². The number of nitrogen functional groups attached to an aromatic ring is 1. The average Bonchev–Trinajstić information content (AvgIpc) is 3.50. The van der Waals surface area contributed by atoms with E-state index < -0.39 is 0 Å². The summed E-state index contributed by atoms with van der Waals surface area (Å²) in [7, 11) is 0. The molecule has 9 nitrogen and oxygen atoms in total. The molecule has 0 unspecified atom stereocenters. The van der Waals surface area contributed by atoms with Crippen LogP contribution in [0.5, 0.6) is 0 Å². The minimum Gasteiger partial charge on any atom is -0.383 e. The van der Waals surface area contributed by atoms with Crippen LogP contribution in [0.4, 0.5) is 11.5 Å². The Hall–Kier alpha value is -4.80. The van der Waals surface area contributed by atoms with Crippen molar-refractivity contribution in [2.24, 2.45) is 5.41 Å². The van der Waals surface area contributed by atoms with Gasteiger partial charge in [-0.2, -0.15) is 0 Å². The quantitative estimate of drug-likeness (QED) is 0.159. The Bertz CT molecular complexity index is 2140. The molecule has 2 aliphatic heterocycles. The highest BCUT2D eigenvalue weighted by atomic mass is 32.2. The summed E-state index contributed by atoms with van der Waals surface area (Å²) in [5.74, 6) is 1.13. The van der Waals surface area contributed by atoms with Gasteiger partial charge in [0.2, 0.25) is 5.43 Å². The lowest BCUT2D eigenvalue weighted by molar-refractivity contribution is -0.0241. The number of anilines is 2. The molecule has 48 heavy (non-hydrogen) atoms. The predicted molar refractivity (Wildman–Crippen MR) is 196 cm³/mol. The van der Waals surface area contributed by atoms with Crippen molar-refractivity contribution in [2.75, 3.05) is 43.1 Å². The molecule has 0 atom stereocenters. The SMILES string of the molecule is CC.CSc1c(N2CCC3(CC2)CN(Cc2ccc(-n4c(-c5cccnc5N)nc5ccc(-c6ccccc6)nc54)cc2)C3)c(=O)c1=O. The Kier molecular flexibility index (Phi) is 8.61. The van der Waals surface area contributed by atoms with E-state index in [0.717, 1.165) is 79.2 Å². The van der Waals surface area contributed by atoms with Gasteiger partial charge in [-0.25, -0.2) is 15.0 Å². The molecule has 3 aromatic carbocycles. The third-order valence-corrected chi connectivity index (χ3v) is 10.3. The van der Waals surface area contributed by atoms with Gasteiger partial charge >= 0.3 is 0 Å². The van der Waals surface area contributed by atoms with Gasteiger partial charge in [0.15, 0.2) is 11.5 Å². The minimum atomic E-state index is -0.324. The van der Waals surface area contributed by atoms with Crippen molar-refractivity contribution in [2.45, 2.75) is 38.1 Å². The van der Waals surface area contributed by atoms with Gasteiger partial charge in [-0.3, -0.25) is 19.1 Å². The van der Waals surface area contributed by atoms with E-state index in [4.69, 9.17) is 15.7 Å². The highest BCUT2D eigenvalue weighted by molar-refractivity contribution is 7.98. The molecule has 1 spiro atoms. The molecule has 2 saturated heterocycles. The van der Waals surface area contributed by atoms with Crippen molar-refractivity contribution in [3.8, 4) is 28.3 Å². The van der Waals surface area contributed by atoms with E-state index >= 15 is 0 Å². The summed E-state index contributed by atoms with van der Waals surface area (Å²) < 4.78 is 2.07. The molecule has 8 rings (SSSR count). The highest BCUT2D eigenvalue weighted by Gasteiger charge is 2.45. The molecule has 0 bridgehead atoms. The van der Waals surface area contributed by atoms with Crippen LogP contribution in [0.3, 0.4) is 0 Å². The molecule has 0 saturated carbocycles. The van der Waals surface area contributed by atoms with Crippen LogP contribution >= 0.6 is 11.8 Å². The summed E-state index contributed by atoms with van der Waals surface area (Å²) >= 11 is 1.39. The Balaban J connectivity index is 0.00000179. The van der Waals surface area contributed by atoms with Crippen molar-refractivity contribution in [1.29, 1.82) is 0 Å². The number of thioether (sulfide) groups is 1. The number of pyridine rings is 2. The number of rotatable bonds is 7. The lowest BCUT2D eigenvalue weighted by Crippen LogP contribution is -2.60. The maximum absolute atomic E-state index is 12.2. The number of fused-ring (bicyclic) bond motifs is 1. The first kappa shape index (κ1) is 31.8. The van der Waals surface area contributed by atoms with Gasteiger partial charge in [-0.1, -0.05) is 56.3 Å². The Labute approximate surface area is 284 Å². The molecule has 2 fully saturated rings. The monoisotopic (exact) mass is 657 g/mol. The second kappa shape index (κ2) is 13.0. The van der Waals surface area contributed by atoms with Gasteiger partial charge < -0.3 is 10.6 Å². The van der Waals surface area contributed by atoms with Crippen LogP contribution in [-0.4, -0.2) is 56.9 Å². The fourth-order valence-electron chi connectivity index (χ4n) is 7.14. The summed E-state index contributed by atoms with van der Waals surface area (Å²) in [4.78, 5) is 43.7. The summed E-state index contributed by atoms with van der Waals surface area (Å²) in [6.07, 6.45) is 5.64. The number of aromatic nitrogens is 4. The molecule has 3 aromatic heterocycles. The molecule has 244 valence electrons. The Morgan fingerprint density at radius 3 is 2.27 bits per heavy atom. The van der Waals surface area contributed by atoms with E-state index in [2.05, 4.69) is 55.7 Å². The summed E-state index contributed by atoms with van der Waals surface area (Å²) in [5.41, 5.74) is 13.1. The van der Waals surface area contributed by atoms with Crippen LogP contribution in [0, 0.1) is 5.41 Å². The van der Waals surface area contributed by atoms with E-state index in [-0.39, 0.29) is 10.9 Å². The predicted octanol–water partition coefficient (Wildman–Crippen LogP) is 6.18. The van der Waals surface area contributed by atoms with Crippen LogP contribution in [0.15, 0.2) is 99.5 Å². The number of piperidine rings is 1. The number of nitrogens with zero attached hydrogens (tertiary/aromatic N) is 6. The maximum Gasteiger partial charge on any atom is 0.251 e. The number of hydrogen-bond acceptors (Lipinski definition) is 9.